The highest BCUT2D eigenvalue weighted by Gasteiger charge is 2.36. The Balaban J connectivity index is 1.67. The number of hydrogen-bond donors (Lipinski definition) is 1. The molecule has 2 aromatic rings. The number of rotatable bonds is 3. The number of aromatic nitrogens is 2. The largest absolute Gasteiger partial charge is 0.480 e. The number of aliphatic carboxylic acids is 1. The van der Waals surface area contributed by atoms with Gasteiger partial charge < -0.3 is 10.0 Å². The summed E-state index contributed by atoms with van der Waals surface area (Å²) in [5.74, 6) is -0.309. The Labute approximate surface area is 139 Å². The zero-order chi connectivity index (χ0) is 16.7. The Kier molecular flexibility index (Phi) is 3.52. The van der Waals surface area contributed by atoms with Crippen LogP contribution in [-0.4, -0.2) is 37.9 Å². The Hall–Kier alpha value is -2.76. The fourth-order valence-corrected chi connectivity index (χ4v) is 3.14. The lowest BCUT2D eigenvalue weighted by atomic mass is 9.93. The van der Waals surface area contributed by atoms with Crippen molar-refractivity contribution >= 4 is 11.9 Å². The molecule has 0 radical (unpaired) electrons. The van der Waals surface area contributed by atoms with Crippen LogP contribution in [-0.2, 0) is 17.8 Å². The average Bonchev–Trinajstić information content (AvgIpc) is 3.45. The van der Waals surface area contributed by atoms with Gasteiger partial charge >= 0.3 is 5.97 Å². The fourth-order valence-electron chi connectivity index (χ4n) is 3.14. The first-order chi connectivity index (χ1) is 11.6. The maximum atomic E-state index is 12.9. The van der Waals surface area contributed by atoms with E-state index in [0.717, 1.165) is 24.0 Å². The average molecular weight is 323 g/mol. The van der Waals surface area contributed by atoms with Gasteiger partial charge in [0.05, 0.1) is 0 Å². The Morgan fingerprint density at radius 1 is 1.12 bits per heavy atom. The van der Waals surface area contributed by atoms with Gasteiger partial charge in [-0.25, -0.2) is 14.8 Å². The molecule has 2 aliphatic rings. The third-order valence-corrected chi connectivity index (χ3v) is 4.63. The maximum absolute atomic E-state index is 12.9. The van der Waals surface area contributed by atoms with Crippen molar-refractivity contribution in [2.45, 2.75) is 37.8 Å². The van der Waals surface area contributed by atoms with Crippen molar-refractivity contribution in [3.05, 3.63) is 59.2 Å². The number of carboxylic acid groups (broad SMARTS) is 1. The SMILES string of the molecule is O=C(O)[C@H]1Cc2ccccc2CN1C(=O)c1ccnc(C2CC2)n1. The molecule has 1 aromatic heterocycles. The van der Waals surface area contributed by atoms with Crippen molar-refractivity contribution in [3.63, 3.8) is 0 Å². The molecule has 122 valence electrons. The quantitative estimate of drug-likeness (QED) is 0.934. The van der Waals surface area contributed by atoms with Crippen molar-refractivity contribution in [3.8, 4) is 0 Å². The van der Waals surface area contributed by atoms with Gasteiger partial charge in [0.15, 0.2) is 0 Å². The van der Waals surface area contributed by atoms with E-state index in [2.05, 4.69) is 9.97 Å². The van der Waals surface area contributed by atoms with Crippen molar-refractivity contribution in [1.82, 2.24) is 14.9 Å². The first kappa shape index (κ1) is 14.8. The minimum Gasteiger partial charge on any atom is -0.480 e. The molecule has 1 aliphatic heterocycles. The molecule has 2 heterocycles. The highest BCUT2D eigenvalue weighted by Crippen LogP contribution is 2.37. The lowest BCUT2D eigenvalue weighted by Gasteiger charge is -2.34. The molecule has 6 heteroatoms. The highest BCUT2D eigenvalue weighted by atomic mass is 16.4. The normalized spacial score (nSPS) is 19.7. The third-order valence-electron chi connectivity index (χ3n) is 4.63. The molecule has 0 unspecified atom stereocenters. The van der Waals surface area contributed by atoms with E-state index in [4.69, 9.17) is 0 Å². The van der Waals surface area contributed by atoms with E-state index in [0.29, 0.717) is 18.2 Å². The molecule has 0 bridgehead atoms. The summed E-state index contributed by atoms with van der Waals surface area (Å²) in [4.78, 5) is 34.6. The first-order valence-electron chi connectivity index (χ1n) is 8.07. The Morgan fingerprint density at radius 3 is 2.58 bits per heavy atom. The van der Waals surface area contributed by atoms with Crippen molar-refractivity contribution in [2.75, 3.05) is 0 Å². The lowest BCUT2D eigenvalue weighted by molar-refractivity contribution is -0.142. The lowest BCUT2D eigenvalue weighted by Crippen LogP contribution is -2.48. The molecule has 1 aliphatic carbocycles. The van der Waals surface area contributed by atoms with Crippen LogP contribution in [0.4, 0.5) is 0 Å². The zero-order valence-electron chi connectivity index (χ0n) is 13.1. The number of fused-ring (bicyclic) bond motifs is 1. The van der Waals surface area contributed by atoms with Gasteiger partial charge in [-0.05, 0) is 30.0 Å². The molecule has 1 atom stereocenters. The van der Waals surface area contributed by atoms with Crippen molar-refractivity contribution < 1.29 is 14.7 Å². The van der Waals surface area contributed by atoms with Gasteiger partial charge in [0.25, 0.3) is 5.91 Å². The van der Waals surface area contributed by atoms with Gasteiger partial charge in [0.2, 0.25) is 0 Å². The molecule has 0 saturated heterocycles. The van der Waals surface area contributed by atoms with E-state index in [1.54, 1.807) is 12.3 Å². The molecular weight excluding hydrogens is 306 g/mol. The topological polar surface area (TPSA) is 83.4 Å². The van der Waals surface area contributed by atoms with Crippen LogP contribution >= 0.6 is 0 Å². The number of carbonyl (C=O) groups excluding carboxylic acids is 1. The molecular formula is C18H17N3O3. The summed E-state index contributed by atoms with van der Waals surface area (Å²) in [5.41, 5.74) is 2.24. The molecule has 6 nitrogen and oxygen atoms in total. The molecule has 0 spiro atoms. The van der Waals surface area contributed by atoms with Crippen LogP contribution in [0, 0.1) is 0 Å². The Morgan fingerprint density at radius 2 is 1.88 bits per heavy atom. The van der Waals surface area contributed by atoms with Gasteiger partial charge in [-0.1, -0.05) is 24.3 Å². The van der Waals surface area contributed by atoms with E-state index < -0.39 is 12.0 Å². The standard InChI is InChI=1S/C18H17N3O3/c22-17(14-7-8-19-16(20-14)11-5-6-11)21-10-13-4-2-1-3-12(13)9-15(21)18(23)24/h1-4,7-8,11,15H,5-6,9-10H2,(H,23,24)/t15-/m1/s1. The monoisotopic (exact) mass is 323 g/mol. The predicted octanol–water partition coefficient (Wildman–Crippen LogP) is 2.01. The van der Waals surface area contributed by atoms with Crippen molar-refractivity contribution in [1.29, 1.82) is 0 Å². The van der Waals surface area contributed by atoms with Crippen LogP contribution in [0.1, 0.15) is 46.2 Å². The van der Waals surface area contributed by atoms with Crippen LogP contribution < -0.4 is 0 Å². The summed E-state index contributed by atoms with van der Waals surface area (Å²) >= 11 is 0. The summed E-state index contributed by atoms with van der Waals surface area (Å²) < 4.78 is 0. The van der Waals surface area contributed by atoms with E-state index in [1.807, 2.05) is 24.3 Å². The number of amides is 1. The number of benzene rings is 1. The Bertz CT molecular complexity index is 817. The van der Waals surface area contributed by atoms with Crippen LogP contribution in [0.5, 0.6) is 0 Å². The number of carbonyl (C=O) groups is 2. The molecule has 1 N–H and O–H groups in total. The first-order valence-corrected chi connectivity index (χ1v) is 8.07. The molecule has 1 saturated carbocycles. The van der Waals surface area contributed by atoms with E-state index in [9.17, 15) is 14.7 Å². The predicted molar refractivity (Wildman–Crippen MR) is 85.5 cm³/mol. The number of nitrogens with zero attached hydrogens (tertiary/aromatic N) is 3. The zero-order valence-corrected chi connectivity index (χ0v) is 13.1. The summed E-state index contributed by atoms with van der Waals surface area (Å²) in [6.07, 6.45) is 4.00. The molecule has 1 fully saturated rings. The van der Waals surface area contributed by atoms with Gasteiger partial charge in [-0.3, -0.25) is 4.79 Å². The summed E-state index contributed by atoms with van der Waals surface area (Å²) in [6, 6.07) is 8.34. The second-order valence-electron chi connectivity index (χ2n) is 6.33. The highest BCUT2D eigenvalue weighted by molar-refractivity contribution is 5.95. The second kappa shape index (κ2) is 5.70. The number of carboxylic acids is 1. The molecule has 24 heavy (non-hydrogen) atoms. The van der Waals surface area contributed by atoms with Crippen LogP contribution in [0.3, 0.4) is 0 Å². The third kappa shape index (κ3) is 2.64. The van der Waals surface area contributed by atoms with Crippen LogP contribution in [0.2, 0.25) is 0 Å². The van der Waals surface area contributed by atoms with Crippen LogP contribution in [0.15, 0.2) is 36.5 Å². The van der Waals surface area contributed by atoms with Crippen molar-refractivity contribution in [2.24, 2.45) is 0 Å². The molecule has 1 aromatic carbocycles. The molecule has 4 rings (SSSR count). The molecule has 1 amide bonds. The van der Waals surface area contributed by atoms with Gasteiger partial charge in [-0.2, -0.15) is 0 Å². The summed E-state index contributed by atoms with van der Waals surface area (Å²) in [6.45, 7) is 0.286. The van der Waals surface area contributed by atoms with E-state index >= 15 is 0 Å². The minimum absolute atomic E-state index is 0.275. The van der Waals surface area contributed by atoms with E-state index in [1.165, 1.54) is 4.90 Å². The maximum Gasteiger partial charge on any atom is 0.326 e. The number of hydrogen-bond acceptors (Lipinski definition) is 4. The fraction of sp³-hybridized carbons (Fsp3) is 0.333. The van der Waals surface area contributed by atoms with Crippen LogP contribution in [0.25, 0.3) is 0 Å². The van der Waals surface area contributed by atoms with E-state index in [-0.39, 0.29) is 18.1 Å². The smallest absolute Gasteiger partial charge is 0.326 e. The van der Waals surface area contributed by atoms with Gasteiger partial charge in [-0.15, -0.1) is 0 Å². The van der Waals surface area contributed by atoms with Gasteiger partial charge in [0.1, 0.15) is 17.6 Å². The summed E-state index contributed by atoms with van der Waals surface area (Å²) in [7, 11) is 0. The minimum atomic E-state index is -0.991. The second-order valence-corrected chi connectivity index (χ2v) is 6.33. The van der Waals surface area contributed by atoms with Gasteiger partial charge in [0, 0.05) is 25.1 Å². The summed E-state index contributed by atoms with van der Waals surface area (Å²) in [5, 5.41) is 9.56.